The predicted octanol–water partition coefficient (Wildman–Crippen LogP) is 2.51. The Morgan fingerprint density at radius 3 is 2.71 bits per heavy atom. The van der Waals surface area contributed by atoms with Gasteiger partial charge < -0.3 is 9.88 Å². The van der Waals surface area contributed by atoms with Gasteiger partial charge in [-0.05, 0) is 11.8 Å². The fourth-order valence-corrected chi connectivity index (χ4v) is 1.92. The molecule has 0 aliphatic heterocycles. The molecule has 0 radical (unpaired) electrons. The third-order valence-electron chi connectivity index (χ3n) is 3.15. The maximum absolute atomic E-state index is 4.06. The number of aryl methyl sites for hydroxylation is 1. The van der Waals surface area contributed by atoms with Crippen molar-refractivity contribution in [3.05, 3.63) is 12.2 Å². The van der Waals surface area contributed by atoms with Crippen molar-refractivity contribution >= 4 is 0 Å². The maximum atomic E-state index is 4.06. The zero-order valence-electron chi connectivity index (χ0n) is 11.7. The molecule has 4 heteroatoms. The molecule has 0 saturated carbocycles. The molecule has 98 valence electrons. The van der Waals surface area contributed by atoms with Gasteiger partial charge in [0.1, 0.15) is 12.2 Å². The summed E-state index contributed by atoms with van der Waals surface area (Å²) in [4.78, 5) is 0. The van der Waals surface area contributed by atoms with Gasteiger partial charge in [-0.2, -0.15) is 0 Å². The van der Waals surface area contributed by atoms with Gasteiger partial charge in [0.05, 0.1) is 6.54 Å². The summed E-state index contributed by atoms with van der Waals surface area (Å²) in [5.41, 5.74) is 0.369. The van der Waals surface area contributed by atoms with Crippen molar-refractivity contribution < 1.29 is 0 Å². The molecule has 1 N–H and O–H groups in total. The summed E-state index contributed by atoms with van der Waals surface area (Å²) in [6.45, 7) is 8.73. The summed E-state index contributed by atoms with van der Waals surface area (Å²) in [5, 5.41) is 11.4. The zero-order chi connectivity index (χ0) is 12.7. The summed E-state index contributed by atoms with van der Waals surface area (Å²) in [5.74, 6) is 0.995. The van der Waals surface area contributed by atoms with Crippen molar-refractivity contribution in [2.45, 2.75) is 53.0 Å². The first kappa shape index (κ1) is 14.2. The van der Waals surface area contributed by atoms with Gasteiger partial charge in [0.2, 0.25) is 0 Å². The topological polar surface area (TPSA) is 42.7 Å². The summed E-state index contributed by atoms with van der Waals surface area (Å²) < 4.78 is 1.96. The minimum Gasteiger partial charge on any atom is -0.320 e. The minimum atomic E-state index is 0.369. The van der Waals surface area contributed by atoms with Crippen LogP contribution in [0, 0.1) is 5.41 Å². The van der Waals surface area contributed by atoms with E-state index in [0.717, 1.165) is 18.9 Å². The van der Waals surface area contributed by atoms with E-state index < -0.39 is 0 Å². The van der Waals surface area contributed by atoms with Crippen LogP contribution in [0.3, 0.4) is 0 Å². The van der Waals surface area contributed by atoms with E-state index in [1.807, 2.05) is 11.6 Å². The SMILES string of the molecule is CCCCCC(C)(C)CNCc1nncn1C. The lowest BCUT2D eigenvalue weighted by molar-refractivity contribution is 0.300. The number of nitrogens with zero attached hydrogens (tertiary/aromatic N) is 3. The van der Waals surface area contributed by atoms with Crippen molar-refractivity contribution in [3.8, 4) is 0 Å². The first-order valence-electron chi connectivity index (χ1n) is 6.59. The number of aromatic nitrogens is 3. The van der Waals surface area contributed by atoms with Crippen molar-refractivity contribution in [1.82, 2.24) is 20.1 Å². The van der Waals surface area contributed by atoms with Crippen LogP contribution in [0.2, 0.25) is 0 Å². The first-order valence-corrected chi connectivity index (χ1v) is 6.59. The Morgan fingerprint density at radius 2 is 2.12 bits per heavy atom. The number of hydrogen-bond donors (Lipinski definition) is 1. The van der Waals surface area contributed by atoms with Crippen LogP contribution in [0.25, 0.3) is 0 Å². The Morgan fingerprint density at radius 1 is 1.35 bits per heavy atom. The molecule has 17 heavy (non-hydrogen) atoms. The zero-order valence-corrected chi connectivity index (χ0v) is 11.7. The highest BCUT2D eigenvalue weighted by molar-refractivity contribution is 4.84. The molecule has 0 aromatic carbocycles. The van der Waals surface area contributed by atoms with Crippen molar-refractivity contribution in [1.29, 1.82) is 0 Å². The van der Waals surface area contributed by atoms with Crippen LogP contribution in [0.5, 0.6) is 0 Å². The molecule has 0 atom stereocenters. The first-order chi connectivity index (χ1) is 8.05. The molecule has 0 spiro atoms. The third-order valence-corrected chi connectivity index (χ3v) is 3.15. The summed E-state index contributed by atoms with van der Waals surface area (Å²) >= 11 is 0. The van der Waals surface area contributed by atoms with Gasteiger partial charge in [-0.1, -0.05) is 40.0 Å². The normalized spacial score (nSPS) is 12.0. The lowest BCUT2D eigenvalue weighted by Crippen LogP contribution is -2.29. The van der Waals surface area contributed by atoms with Gasteiger partial charge in [-0.15, -0.1) is 10.2 Å². The van der Waals surface area contributed by atoms with Crippen molar-refractivity contribution in [2.24, 2.45) is 12.5 Å². The molecular formula is C13H26N4. The number of unbranched alkanes of at least 4 members (excludes halogenated alkanes) is 2. The van der Waals surface area contributed by atoms with E-state index in [-0.39, 0.29) is 0 Å². The van der Waals surface area contributed by atoms with Gasteiger partial charge in [-0.3, -0.25) is 0 Å². The van der Waals surface area contributed by atoms with E-state index in [1.165, 1.54) is 25.7 Å². The minimum absolute atomic E-state index is 0.369. The molecule has 1 heterocycles. The van der Waals surface area contributed by atoms with Crippen LogP contribution in [0.15, 0.2) is 6.33 Å². The van der Waals surface area contributed by atoms with Crippen LogP contribution < -0.4 is 5.32 Å². The molecular weight excluding hydrogens is 212 g/mol. The van der Waals surface area contributed by atoms with E-state index >= 15 is 0 Å². The van der Waals surface area contributed by atoms with E-state index in [1.54, 1.807) is 6.33 Å². The Kier molecular flexibility index (Phi) is 5.62. The molecule has 0 aliphatic rings. The molecule has 0 bridgehead atoms. The number of hydrogen-bond acceptors (Lipinski definition) is 3. The lowest BCUT2D eigenvalue weighted by Gasteiger charge is -2.24. The van der Waals surface area contributed by atoms with Gasteiger partial charge in [0.25, 0.3) is 0 Å². The smallest absolute Gasteiger partial charge is 0.146 e. The monoisotopic (exact) mass is 238 g/mol. The van der Waals surface area contributed by atoms with E-state index in [2.05, 4.69) is 36.3 Å². The molecule has 0 aliphatic carbocycles. The largest absolute Gasteiger partial charge is 0.320 e. The number of nitrogens with one attached hydrogen (secondary N) is 1. The van der Waals surface area contributed by atoms with E-state index in [9.17, 15) is 0 Å². The van der Waals surface area contributed by atoms with Crippen molar-refractivity contribution in [2.75, 3.05) is 6.54 Å². The second kappa shape index (κ2) is 6.74. The van der Waals surface area contributed by atoms with Crippen LogP contribution >= 0.6 is 0 Å². The van der Waals surface area contributed by atoms with Gasteiger partial charge in [-0.25, -0.2) is 0 Å². The quantitative estimate of drug-likeness (QED) is 0.708. The second-order valence-electron chi connectivity index (χ2n) is 5.58. The molecule has 0 amide bonds. The average Bonchev–Trinajstić information content (AvgIpc) is 2.64. The van der Waals surface area contributed by atoms with Gasteiger partial charge in [0.15, 0.2) is 0 Å². The Balaban J connectivity index is 2.23. The van der Waals surface area contributed by atoms with E-state index in [0.29, 0.717) is 5.41 Å². The molecule has 1 rings (SSSR count). The fourth-order valence-electron chi connectivity index (χ4n) is 1.92. The molecule has 0 saturated heterocycles. The molecule has 4 nitrogen and oxygen atoms in total. The highest BCUT2D eigenvalue weighted by Crippen LogP contribution is 2.22. The standard InChI is InChI=1S/C13H26N4/c1-5-6-7-8-13(2,3)10-14-9-12-16-15-11-17(12)4/h11,14H,5-10H2,1-4H3. The molecule has 0 fully saturated rings. The fraction of sp³-hybridized carbons (Fsp3) is 0.846. The second-order valence-corrected chi connectivity index (χ2v) is 5.58. The highest BCUT2D eigenvalue weighted by atomic mass is 15.3. The van der Waals surface area contributed by atoms with E-state index in [4.69, 9.17) is 0 Å². The Hall–Kier alpha value is -0.900. The Bertz CT molecular complexity index is 317. The van der Waals surface area contributed by atoms with Crippen LogP contribution in [0.1, 0.15) is 52.3 Å². The maximum Gasteiger partial charge on any atom is 0.146 e. The van der Waals surface area contributed by atoms with Crippen molar-refractivity contribution in [3.63, 3.8) is 0 Å². The number of rotatable bonds is 8. The summed E-state index contributed by atoms with van der Waals surface area (Å²) in [6.07, 6.45) is 6.99. The molecule has 0 unspecified atom stereocenters. The lowest BCUT2D eigenvalue weighted by atomic mass is 9.87. The summed E-state index contributed by atoms with van der Waals surface area (Å²) in [6, 6.07) is 0. The average molecular weight is 238 g/mol. The Labute approximate surface area is 105 Å². The molecule has 1 aromatic heterocycles. The predicted molar refractivity (Wildman–Crippen MR) is 70.6 cm³/mol. The van der Waals surface area contributed by atoms with Crippen LogP contribution in [0.4, 0.5) is 0 Å². The van der Waals surface area contributed by atoms with Crippen LogP contribution in [-0.4, -0.2) is 21.3 Å². The highest BCUT2D eigenvalue weighted by Gasteiger charge is 2.16. The van der Waals surface area contributed by atoms with Gasteiger partial charge in [0, 0.05) is 13.6 Å². The molecule has 1 aromatic rings. The summed E-state index contributed by atoms with van der Waals surface area (Å²) in [7, 11) is 1.98. The van der Waals surface area contributed by atoms with Gasteiger partial charge >= 0.3 is 0 Å². The third kappa shape index (κ3) is 5.31. The van der Waals surface area contributed by atoms with Crippen LogP contribution in [-0.2, 0) is 13.6 Å².